The van der Waals surface area contributed by atoms with E-state index in [4.69, 9.17) is 14.6 Å². The van der Waals surface area contributed by atoms with E-state index < -0.39 is 5.97 Å². The summed E-state index contributed by atoms with van der Waals surface area (Å²) in [6, 6.07) is 5.92. The second kappa shape index (κ2) is 7.63. The van der Waals surface area contributed by atoms with Crippen LogP contribution >= 0.6 is 11.3 Å². The highest BCUT2D eigenvalue weighted by Crippen LogP contribution is 2.33. The number of aromatic nitrogens is 1. The molecule has 0 radical (unpaired) electrons. The van der Waals surface area contributed by atoms with Crippen molar-refractivity contribution in [3.05, 3.63) is 39.3 Å². The van der Waals surface area contributed by atoms with Crippen molar-refractivity contribution in [1.82, 2.24) is 10.3 Å². The highest BCUT2D eigenvalue weighted by Gasteiger charge is 2.15. The number of hydrogen-bond donors (Lipinski definition) is 2. The van der Waals surface area contributed by atoms with Gasteiger partial charge in [-0.15, -0.1) is 11.3 Å². The van der Waals surface area contributed by atoms with Crippen LogP contribution in [0.15, 0.2) is 18.2 Å². The fourth-order valence-corrected chi connectivity index (χ4v) is 3.49. The van der Waals surface area contributed by atoms with E-state index in [1.165, 1.54) is 11.3 Å². The number of hydrogen-bond acceptors (Lipinski definition) is 6. The van der Waals surface area contributed by atoms with E-state index >= 15 is 0 Å². The number of para-hydroxylation sites is 1. The average Bonchev–Trinajstić information content (AvgIpc) is 2.78. The van der Waals surface area contributed by atoms with Gasteiger partial charge < -0.3 is 19.9 Å². The fourth-order valence-electron chi connectivity index (χ4n) is 2.57. The Morgan fingerprint density at radius 1 is 1.38 bits per heavy atom. The molecule has 0 spiro atoms. The molecule has 128 valence electrons. The topological polar surface area (TPSA) is 80.7 Å². The zero-order valence-electron chi connectivity index (χ0n) is 13.5. The molecule has 0 fully saturated rings. The summed E-state index contributed by atoms with van der Waals surface area (Å²) in [6.45, 7) is 4.52. The summed E-state index contributed by atoms with van der Waals surface area (Å²) in [4.78, 5) is 15.9. The Hall–Kier alpha value is -2.12. The van der Waals surface area contributed by atoms with E-state index in [9.17, 15) is 4.79 Å². The van der Waals surface area contributed by atoms with Gasteiger partial charge >= 0.3 is 5.97 Å². The number of benzene rings is 1. The molecule has 2 heterocycles. The van der Waals surface area contributed by atoms with Gasteiger partial charge in [0.05, 0.1) is 18.2 Å². The van der Waals surface area contributed by atoms with Gasteiger partial charge in [0.15, 0.2) is 17.2 Å². The predicted molar refractivity (Wildman–Crippen MR) is 91.3 cm³/mol. The first-order chi connectivity index (χ1) is 11.6. The number of carboxylic acids is 1. The van der Waals surface area contributed by atoms with Gasteiger partial charge in [-0.1, -0.05) is 12.1 Å². The Labute approximate surface area is 144 Å². The van der Waals surface area contributed by atoms with Crippen LogP contribution in [-0.2, 0) is 13.0 Å². The molecular formula is C17H20N2O4S. The molecule has 2 N–H and O–H groups in total. The van der Waals surface area contributed by atoms with Crippen LogP contribution in [0.3, 0.4) is 0 Å². The number of carbonyl (C=O) groups is 1. The molecule has 1 aromatic carbocycles. The minimum atomic E-state index is -0.966. The minimum Gasteiger partial charge on any atom is -0.490 e. The van der Waals surface area contributed by atoms with Crippen LogP contribution in [0.2, 0.25) is 0 Å². The monoisotopic (exact) mass is 348 g/mol. The molecule has 1 aromatic heterocycles. The lowest BCUT2D eigenvalue weighted by Gasteiger charge is -2.12. The number of aryl methyl sites for hydroxylation is 1. The summed E-state index contributed by atoms with van der Waals surface area (Å²) in [5, 5.41) is 13.2. The highest BCUT2D eigenvalue weighted by molar-refractivity contribution is 7.11. The Bertz CT molecular complexity index is 729. The van der Waals surface area contributed by atoms with Gasteiger partial charge in [0.1, 0.15) is 0 Å². The van der Waals surface area contributed by atoms with Crippen molar-refractivity contribution in [2.45, 2.75) is 26.3 Å². The van der Waals surface area contributed by atoms with Crippen LogP contribution in [0, 0.1) is 6.92 Å². The highest BCUT2D eigenvalue weighted by atomic mass is 32.1. The number of nitrogens with zero attached hydrogens (tertiary/aromatic N) is 1. The summed E-state index contributed by atoms with van der Waals surface area (Å²) in [6.07, 6.45) is 1.59. The first kappa shape index (κ1) is 16.7. The molecule has 0 saturated heterocycles. The van der Waals surface area contributed by atoms with Gasteiger partial charge in [-0.2, -0.15) is 0 Å². The number of aromatic carboxylic acids is 1. The van der Waals surface area contributed by atoms with Crippen molar-refractivity contribution in [2.24, 2.45) is 0 Å². The van der Waals surface area contributed by atoms with Crippen molar-refractivity contribution in [3.8, 4) is 11.5 Å². The maximum absolute atomic E-state index is 11.0. The van der Waals surface area contributed by atoms with Crippen molar-refractivity contribution < 1.29 is 19.4 Å². The van der Waals surface area contributed by atoms with Gasteiger partial charge in [-0.05, 0) is 13.0 Å². The molecule has 1 aliphatic heterocycles. The fraction of sp³-hybridized carbons (Fsp3) is 0.412. The van der Waals surface area contributed by atoms with Crippen molar-refractivity contribution >= 4 is 17.3 Å². The first-order valence-electron chi connectivity index (χ1n) is 7.93. The van der Waals surface area contributed by atoms with Gasteiger partial charge in [0, 0.05) is 36.4 Å². The van der Waals surface area contributed by atoms with Crippen LogP contribution in [0.1, 0.15) is 32.4 Å². The van der Waals surface area contributed by atoms with Crippen molar-refractivity contribution in [2.75, 3.05) is 19.8 Å². The molecule has 0 bridgehead atoms. The molecule has 6 nitrogen and oxygen atoms in total. The number of thiazole rings is 1. The molecule has 0 unspecified atom stereocenters. The van der Waals surface area contributed by atoms with Crippen LogP contribution in [0.5, 0.6) is 11.5 Å². The van der Waals surface area contributed by atoms with Gasteiger partial charge in [0.25, 0.3) is 0 Å². The summed E-state index contributed by atoms with van der Waals surface area (Å²) in [7, 11) is 0. The molecule has 7 heteroatoms. The standard InChI is InChI=1S/C17H20N2O4S/c1-11-15(17(20)21)19-14(24-11)6-7-18-10-12-4-2-5-13-16(12)23-9-3-8-22-13/h2,4-5,18H,3,6-10H2,1H3,(H,20,21). The van der Waals surface area contributed by atoms with Crippen LogP contribution < -0.4 is 14.8 Å². The third-order valence-corrected chi connectivity index (χ3v) is 4.76. The SMILES string of the molecule is Cc1sc(CCNCc2cccc3c2OCCCO3)nc1C(=O)O. The molecule has 24 heavy (non-hydrogen) atoms. The summed E-state index contributed by atoms with van der Waals surface area (Å²) < 4.78 is 11.5. The summed E-state index contributed by atoms with van der Waals surface area (Å²) in [5.74, 6) is 0.654. The number of fused-ring (bicyclic) bond motifs is 1. The lowest BCUT2D eigenvalue weighted by Crippen LogP contribution is -2.17. The Morgan fingerprint density at radius 2 is 2.21 bits per heavy atom. The molecule has 0 aliphatic carbocycles. The molecule has 2 aromatic rings. The second-order valence-corrected chi connectivity index (χ2v) is 6.83. The smallest absolute Gasteiger partial charge is 0.355 e. The maximum Gasteiger partial charge on any atom is 0.355 e. The quantitative estimate of drug-likeness (QED) is 0.781. The van der Waals surface area contributed by atoms with Crippen molar-refractivity contribution in [3.63, 3.8) is 0 Å². The number of carboxylic acid groups (broad SMARTS) is 1. The van der Waals surface area contributed by atoms with Gasteiger partial charge in [-0.25, -0.2) is 9.78 Å². The maximum atomic E-state index is 11.0. The first-order valence-corrected chi connectivity index (χ1v) is 8.74. The van der Waals surface area contributed by atoms with Crippen LogP contribution in [0.4, 0.5) is 0 Å². The lowest BCUT2D eigenvalue weighted by atomic mass is 10.2. The largest absolute Gasteiger partial charge is 0.490 e. The molecule has 1 aliphatic rings. The minimum absolute atomic E-state index is 0.161. The zero-order chi connectivity index (χ0) is 16.9. The van der Waals surface area contributed by atoms with Gasteiger partial charge in [-0.3, -0.25) is 0 Å². The number of nitrogens with one attached hydrogen (secondary N) is 1. The van der Waals surface area contributed by atoms with E-state index in [2.05, 4.69) is 10.3 Å². The summed E-state index contributed by atoms with van der Waals surface area (Å²) >= 11 is 1.44. The van der Waals surface area contributed by atoms with E-state index in [1.807, 2.05) is 18.2 Å². The molecule has 0 atom stereocenters. The third-order valence-electron chi connectivity index (χ3n) is 3.73. The second-order valence-electron chi connectivity index (χ2n) is 5.54. The number of ether oxygens (including phenoxy) is 2. The van der Waals surface area contributed by atoms with Crippen LogP contribution in [0.25, 0.3) is 0 Å². The molecular weight excluding hydrogens is 328 g/mol. The Morgan fingerprint density at radius 3 is 3.00 bits per heavy atom. The Balaban J connectivity index is 1.56. The van der Waals surface area contributed by atoms with Gasteiger partial charge in [0.2, 0.25) is 0 Å². The van der Waals surface area contributed by atoms with E-state index in [-0.39, 0.29) is 5.69 Å². The van der Waals surface area contributed by atoms with Crippen molar-refractivity contribution in [1.29, 1.82) is 0 Å². The third kappa shape index (κ3) is 3.85. The summed E-state index contributed by atoms with van der Waals surface area (Å²) in [5.41, 5.74) is 1.23. The predicted octanol–water partition coefficient (Wildman–Crippen LogP) is 2.64. The number of rotatable bonds is 6. The normalized spacial score (nSPS) is 13.5. The van der Waals surface area contributed by atoms with E-state index in [0.29, 0.717) is 26.2 Å². The molecule has 0 saturated carbocycles. The lowest BCUT2D eigenvalue weighted by molar-refractivity contribution is 0.0690. The Kier molecular flexibility index (Phi) is 5.32. The van der Waals surface area contributed by atoms with Crippen LogP contribution in [-0.4, -0.2) is 35.8 Å². The van der Waals surface area contributed by atoms with E-state index in [0.717, 1.165) is 39.9 Å². The average molecular weight is 348 g/mol. The molecule has 3 rings (SSSR count). The van der Waals surface area contributed by atoms with E-state index in [1.54, 1.807) is 6.92 Å². The zero-order valence-corrected chi connectivity index (χ0v) is 14.3. The molecule has 0 amide bonds.